The first-order valence-electron chi connectivity index (χ1n) is 5.70. The summed E-state index contributed by atoms with van der Waals surface area (Å²) in [6, 6.07) is 1.60. The lowest BCUT2D eigenvalue weighted by Crippen LogP contribution is -2.44. The summed E-state index contributed by atoms with van der Waals surface area (Å²) in [5, 5.41) is 5.30. The maximum absolute atomic E-state index is 11.9. The highest BCUT2D eigenvalue weighted by molar-refractivity contribution is 5.94. The van der Waals surface area contributed by atoms with Crippen LogP contribution in [0.15, 0.2) is 12.3 Å². The number of hydrogen-bond donors (Lipinski definition) is 3. The summed E-state index contributed by atoms with van der Waals surface area (Å²) in [5.74, 6) is -0.361. The summed E-state index contributed by atoms with van der Waals surface area (Å²) >= 11 is 0. The van der Waals surface area contributed by atoms with Gasteiger partial charge >= 0.3 is 0 Å². The molecule has 6 heteroatoms. The van der Waals surface area contributed by atoms with E-state index in [0.29, 0.717) is 11.4 Å². The quantitative estimate of drug-likeness (QED) is 0.710. The SMILES string of the molecule is CNC(=O)C(C)(C)CNC(=O)c1cc(N)cn1C. The first kappa shape index (κ1) is 14.1. The van der Waals surface area contributed by atoms with E-state index in [2.05, 4.69) is 10.6 Å². The number of nitrogens with one attached hydrogen (secondary N) is 2. The molecular weight excluding hydrogens is 232 g/mol. The zero-order valence-corrected chi connectivity index (χ0v) is 11.2. The van der Waals surface area contributed by atoms with Crippen molar-refractivity contribution in [1.82, 2.24) is 15.2 Å². The Morgan fingerprint density at radius 2 is 2.06 bits per heavy atom. The van der Waals surface area contributed by atoms with E-state index in [0.717, 1.165) is 0 Å². The van der Waals surface area contributed by atoms with Crippen LogP contribution >= 0.6 is 0 Å². The lowest BCUT2D eigenvalue weighted by molar-refractivity contribution is -0.128. The van der Waals surface area contributed by atoms with Gasteiger partial charge in [-0.15, -0.1) is 0 Å². The third-order valence-corrected chi connectivity index (χ3v) is 2.79. The molecule has 4 N–H and O–H groups in total. The molecular formula is C12H20N4O2. The minimum absolute atomic E-state index is 0.116. The van der Waals surface area contributed by atoms with Crippen LogP contribution < -0.4 is 16.4 Å². The number of nitrogens with zero attached hydrogens (tertiary/aromatic N) is 1. The summed E-state index contributed by atoms with van der Waals surface area (Å²) in [6.07, 6.45) is 1.67. The van der Waals surface area contributed by atoms with Crippen LogP contribution in [0.2, 0.25) is 0 Å². The lowest BCUT2D eigenvalue weighted by atomic mass is 9.92. The van der Waals surface area contributed by atoms with Gasteiger partial charge in [-0.05, 0) is 19.9 Å². The van der Waals surface area contributed by atoms with E-state index >= 15 is 0 Å². The van der Waals surface area contributed by atoms with Crippen molar-refractivity contribution < 1.29 is 9.59 Å². The first-order chi connectivity index (χ1) is 8.27. The van der Waals surface area contributed by atoms with Crippen molar-refractivity contribution in [3.63, 3.8) is 0 Å². The molecule has 1 rings (SSSR count). The second kappa shape index (κ2) is 5.12. The van der Waals surface area contributed by atoms with Crippen molar-refractivity contribution in [2.45, 2.75) is 13.8 Å². The molecule has 0 saturated heterocycles. The normalized spacial score (nSPS) is 11.1. The van der Waals surface area contributed by atoms with Gasteiger partial charge in [-0.1, -0.05) is 0 Å². The molecule has 100 valence electrons. The lowest BCUT2D eigenvalue weighted by Gasteiger charge is -2.22. The predicted octanol–water partition coefficient (Wildman–Crippen LogP) is 0.109. The molecule has 6 nitrogen and oxygen atoms in total. The van der Waals surface area contributed by atoms with Gasteiger partial charge in [0.1, 0.15) is 5.69 Å². The fourth-order valence-electron chi connectivity index (χ4n) is 1.63. The molecule has 0 spiro atoms. The maximum Gasteiger partial charge on any atom is 0.268 e. The molecule has 0 aliphatic heterocycles. The van der Waals surface area contributed by atoms with Crippen molar-refractivity contribution in [1.29, 1.82) is 0 Å². The number of rotatable bonds is 4. The molecule has 0 aromatic carbocycles. The van der Waals surface area contributed by atoms with E-state index in [1.165, 1.54) is 0 Å². The van der Waals surface area contributed by atoms with Gasteiger partial charge in [-0.3, -0.25) is 9.59 Å². The van der Waals surface area contributed by atoms with Crippen LogP contribution in [0.5, 0.6) is 0 Å². The highest BCUT2D eigenvalue weighted by Crippen LogP contribution is 2.14. The van der Waals surface area contributed by atoms with Crippen LogP contribution in [0.25, 0.3) is 0 Å². The number of amides is 2. The number of hydrogen-bond acceptors (Lipinski definition) is 3. The average Bonchev–Trinajstić information content (AvgIpc) is 2.64. The Hall–Kier alpha value is -1.98. The van der Waals surface area contributed by atoms with E-state index in [1.54, 1.807) is 44.8 Å². The second-order valence-electron chi connectivity index (χ2n) is 4.92. The van der Waals surface area contributed by atoms with Crippen LogP contribution in [0.4, 0.5) is 5.69 Å². The summed E-state index contributed by atoms with van der Waals surface area (Å²) in [6.45, 7) is 3.80. The zero-order valence-electron chi connectivity index (χ0n) is 11.2. The number of carbonyl (C=O) groups is 2. The number of nitrogens with two attached hydrogens (primary N) is 1. The van der Waals surface area contributed by atoms with E-state index in [4.69, 9.17) is 5.73 Å². The fraction of sp³-hybridized carbons (Fsp3) is 0.500. The van der Waals surface area contributed by atoms with Crippen molar-refractivity contribution >= 4 is 17.5 Å². The van der Waals surface area contributed by atoms with Gasteiger partial charge in [-0.2, -0.15) is 0 Å². The Balaban J connectivity index is 2.67. The Morgan fingerprint density at radius 1 is 1.44 bits per heavy atom. The average molecular weight is 252 g/mol. The molecule has 0 fully saturated rings. The van der Waals surface area contributed by atoms with Crippen LogP contribution in [-0.2, 0) is 11.8 Å². The highest BCUT2D eigenvalue weighted by Gasteiger charge is 2.27. The third-order valence-electron chi connectivity index (χ3n) is 2.79. The van der Waals surface area contributed by atoms with Crippen LogP contribution in [0.1, 0.15) is 24.3 Å². The Morgan fingerprint density at radius 3 is 2.50 bits per heavy atom. The summed E-state index contributed by atoms with van der Waals surface area (Å²) in [5.41, 5.74) is 5.96. The summed E-state index contributed by atoms with van der Waals surface area (Å²) < 4.78 is 1.65. The number of aryl methyl sites for hydroxylation is 1. The molecule has 0 radical (unpaired) electrons. The molecule has 0 bridgehead atoms. The van der Waals surface area contributed by atoms with Crippen molar-refractivity contribution in [2.24, 2.45) is 12.5 Å². The zero-order chi connectivity index (χ0) is 13.9. The number of anilines is 1. The second-order valence-corrected chi connectivity index (χ2v) is 4.92. The van der Waals surface area contributed by atoms with Crippen molar-refractivity contribution in [2.75, 3.05) is 19.3 Å². The van der Waals surface area contributed by atoms with E-state index in [1.807, 2.05) is 0 Å². The largest absolute Gasteiger partial charge is 0.397 e. The molecule has 0 saturated carbocycles. The standard InChI is InChI=1S/C12H20N4O2/c1-12(2,11(18)14-3)7-15-10(17)9-5-8(13)6-16(9)4/h5-6H,7,13H2,1-4H3,(H,14,18)(H,15,17). The number of nitrogen functional groups attached to an aromatic ring is 1. The highest BCUT2D eigenvalue weighted by atomic mass is 16.2. The Kier molecular flexibility index (Phi) is 4.00. The fourth-order valence-corrected chi connectivity index (χ4v) is 1.63. The van der Waals surface area contributed by atoms with Gasteiger partial charge in [0.2, 0.25) is 5.91 Å². The topological polar surface area (TPSA) is 89.2 Å². The monoisotopic (exact) mass is 252 g/mol. The van der Waals surface area contributed by atoms with Crippen LogP contribution in [0.3, 0.4) is 0 Å². The molecule has 0 unspecified atom stereocenters. The molecule has 0 aliphatic carbocycles. The van der Waals surface area contributed by atoms with Gasteiger partial charge < -0.3 is 20.9 Å². The van der Waals surface area contributed by atoms with Gasteiger partial charge in [-0.25, -0.2) is 0 Å². The maximum atomic E-state index is 11.9. The minimum Gasteiger partial charge on any atom is -0.397 e. The molecule has 1 aromatic heterocycles. The number of carbonyl (C=O) groups excluding carboxylic acids is 2. The van der Waals surface area contributed by atoms with Crippen LogP contribution in [-0.4, -0.2) is 30.0 Å². The van der Waals surface area contributed by atoms with Crippen molar-refractivity contribution in [3.05, 3.63) is 18.0 Å². The van der Waals surface area contributed by atoms with Crippen molar-refractivity contribution in [3.8, 4) is 0 Å². The molecule has 1 aromatic rings. The third kappa shape index (κ3) is 3.03. The van der Waals surface area contributed by atoms with Crippen LogP contribution in [0, 0.1) is 5.41 Å². The predicted molar refractivity (Wildman–Crippen MR) is 70.0 cm³/mol. The first-order valence-corrected chi connectivity index (χ1v) is 5.70. The summed E-state index contributed by atoms with van der Waals surface area (Å²) in [4.78, 5) is 23.5. The van der Waals surface area contributed by atoms with E-state index < -0.39 is 5.41 Å². The Bertz CT molecular complexity index is 463. The molecule has 1 heterocycles. The van der Waals surface area contributed by atoms with Gasteiger partial charge in [0, 0.05) is 26.8 Å². The minimum atomic E-state index is -0.652. The van der Waals surface area contributed by atoms with Gasteiger partial charge in [0.25, 0.3) is 5.91 Å². The van der Waals surface area contributed by atoms with Gasteiger partial charge in [0.15, 0.2) is 0 Å². The number of aromatic nitrogens is 1. The Labute approximate surface area is 107 Å². The van der Waals surface area contributed by atoms with E-state index in [9.17, 15) is 9.59 Å². The summed E-state index contributed by atoms with van der Waals surface area (Å²) in [7, 11) is 3.32. The molecule has 2 amide bonds. The van der Waals surface area contributed by atoms with Gasteiger partial charge in [0.05, 0.1) is 11.1 Å². The van der Waals surface area contributed by atoms with E-state index in [-0.39, 0.29) is 18.4 Å². The smallest absolute Gasteiger partial charge is 0.268 e. The molecule has 18 heavy (non-hydrogen) atoms. The molecule has 0 atom stereocenters. The molecule has 0 aliphatic rings.